The summed E-state index contributed by atoms with van der Waals surface area (Å²) in [5.41, 5.74) is -0.0372. The molecule has 0 saturated carbocycles. The molecule has 0 aliphatic rings. The summed E-state index contributed by atoms with van der Waals surface area (Å²) in [7, 11) is -4.12. The molecule has 3 aromatic rings. The highest BCUT2D eigenvalue weighted by Gasteiger charge is 2.22. The van der Waals surface area contributed by atoms with Crippen LogP contribution in [0.15, 0.2) is 68.4 Å². The lowest BCUT2D eigenvalue weighted by Crippen LogP contribution is -2.25. The number of nitrogens with one attached hydrogen (secondary N) is 1. The standard InChI is InChI=1S/C29H33N5O5S/c1-5-7-10-21(6-2)18-34-28(36)24(17-30)19(3)27(29(34)37)32-31-25-11-8-9-12-26(25)40(38,39)33-23-15-13-22(14-16-23)20(4)35/h8-9,11-16,21,33,36H,5-7,10,18H2,1-4H3. The molecule has 1 aromatic heterocycles. The smallest absolute Gasteiger partial charge is 0.281 e. The Morgan fingerprint density at radius 2 is 1.80 bits per heavy atom. The van der Waals surface area contributed by atoms with Gasteiger partial charge in [-0.05, 0) is 62.6 Å². The van der Waals surface area contributed by atoms with E-state index < -0.39 is 21.5 Å². The van der Waals surface area contributed by atoms with Crippen molar-refractivity contribution in [3.8, 4) is 11.9 Å². The van der Waals surface area contributed by atoms with Crippen LogP contribution < -0.4 is 10.3 Å². The van der Waals surface area contributed by atoms with Gasteiger partial charge in [0.25, 0.3) is 15.6 Å². The molecule has 0 saturated heterocycles. The number of aromatic hydroxyl groups is 1. The van der Waals surface area contributed by atoms with Gasteiger partial charge in [-0.3, -0.25) is 18.9 Å². The van der Waals surface area contributed by atoms with Gasteiger partial charge in [-0.25, -0.2) is 8.42 Å². The van der Waals surface area contributed by atoms with Gasteiger partial charge in [-0.15, -0.1) is 10.2 Å². The molecule has 2 aromatic carbocycles. The van der Waals surface area contributed by atoms with Gasteiger partial charge in [0, 0.05) is 23.4 Å². The normalized spacial score (nSPS) is 12.3. The molecule has 210 valence electrons. The maximum absolute atomic E-state index is 13.4. The van der Waals surface area contributed by atoms with Crippen LogP contribution in [0.5, 0.6) is 5.88 Å². The van der Waals surface area contributed by atoms with Crippen molar-refractivity contribution in [2.24, 2.45) is 16.1 Å². The van der Waals surface area contributed by atoms with Gasteiger partial charge in [0.15, 0.2) is 11.5 Å². The van der Waals surface area contributed by atoms with Crippen molar-refractivity contribution >= 4 is 32.9 Å². The summed E-state index contributed by atoms with van der Waals surface area (Å²) in [5, 5.41) is 28.6. The summed E-state index contributed by atoms with van der Waals surface area (Å²) in [6.07, 6.45) is 3.61. The molecule has 1 atom stereocenters. The number of carbonyl (C=O) groups is 1. The van der Waals surface area contributed by atoms with Crippen LogP contribution in [-0.2, 0) is 16.6 Å². The Morgan fingerprint density at radius 3 is 2.40 bits per heavy atom. The molecule has 11 heteroatoms. The number of ketones is 1. The first-order valence-corrected chi connectivity index (χ1v) is 14.5. The van der Waals surface area contributed by atoms with Crippen LogP contribution in [-0.4, -0.2) is 23.9 Å². The van der Waals surface area contributed by atoms with E-state index >= 15 is 0 Å². The molecular formula is C29H33N5O5S. The van der Waals surface area contributed by atoms with Gasteiger partial charge in [0.2, 0.25) is 5.88 Å². The highest BCUT2D eigenvalue weighted by atomic mass is 32.2. The maximum atomic E-state index is 13.4. The summed E-state index contributed by atoms with van der Waals surface area (Å²) < 4.78 is 30.0. The number of aromatic nitrogens is 1. The topological polar surface area (TPSA) is 154 Å². The summed E-state index contributed by atoms with van der Waals surface area (Å²) >= 11 is 0. The van der Waals surface area contributed by atoms with Crippen molar-refractivity contribution in [2.75, 3.05) is 4.72 Å². The van der Waals surface area contributed by atoms with Crippen molar-refractivity contribution in [1.82, 2.24) is 4.57 Å². The molecular weight excluding hydrogens is 530 g/mol. The van der Waals surface area contributed by atoms with E-state index in [1.165, 1.54) is 56.3 Å². The molecule has 3 rings (SSSR count). The fourth-order valence-electron chi connectivity index (χ4n) is 4.26. The fourth-order valence-corrected chi connectivity index (χ4v) is 5.45. The third kappa shape index (κ3) is 6.82. The molecule has 40 heavy (non-hydrogen) atoms. The highest BCUT2D eigenvalue weighted by Crippen LogP contribution is 2.31. The van der Waals surface area contributed by atoms with E-state index in [1.54, 1.807) is 6.07 Å². The molecule has 0 radical (unpaired) electrons. The average molecular weight is 564 g/mol. The summed E-state index contributed by atoms with van der Waals surface area (Å²) in [5.74, 6) is -0.444. The number of hydrogen-bond acceptors (Lipinski definition) is 8. The van der Waals surface area contributed by atoms with Crippen LogP contribution in [0.3, 0.4) is 0 Å². The molecule has 10 nitrogen and oxygen atoms in total. The number of rotatable bonds is 12. The van der Waals surface area contributed by atoms with Crippen molar-refractivity contribution in [3.63, 3.8) is 0 Å². The molecule has 0 fully saturated rings. The molecule has 2 N–H and O–H groups in total. The molecule has 1 heterocycles. The largest absolute Gasteiger partial charge is 0.493 e. The summed E-state index contributed by atoms with van der Waals surface area (Å²) in [6, 6.07) is 13.8. The molecule has 0 bridgehead atoms. The first-order chi connectivity index (χ1) is 19.0. The van der Waals surface area contributed by atoms with Crippen molar-refractivity contribution in [1.29, 1.82) is 5.26 Å². The van der Waals surface area contributed by atoms with Gasteiger partial charge in [0.1, 0.15) is 22.2 Å². The minimum Gasteiger partial charge on any atom is -0.493 e. The Kier molecular flexibility index (Phi) is 9.96. The second kappa shape index (κ2) is 13.2. The number of azo groups is 1. The van der Waals surface area contributed by atoms with E-state index in [2.05, 4.69) is 21.9 Å². The zero-order valence-electron chi connectivity index (χ0n) is 23.0. The van der Waals surface area contributed by atoms with Crippen LogP contribution >= 0.6 is 0 Å². The van der Waals surface area contributed by atoms with E-state index in [1.807, 2.05) is 13.0 Å². The van der Waals surface area contributed by atoms with E-state index in [-0.39, 0.29) is 51.3 Å². The lowest BCUT2D eigenvalue weighted by Gasteiger charge is -2.19. The second-order valence-corrected chi connectivity index (χ2v) is 11.2. The highest BCUT2D eigenvalue weighted by molar-refractivity contribution is 7.92. The monoisotopic (exact) mass is 563 g/mol. The zero-order chi connectivity index (χ0) is 29.4. The Labute approximate surface area is 234 Å². The molecule has 0 aliphatic heterocycles. The number of unbranched alkanes of at least 4 members (excludes halogenated alkanes) is 1. The first-order valence-electron chi connectivity index (χ1n) is 13.0. The van der Waals surface area contributed by atoms with Crippen molar-refractivity contribution < 1.29 is 18.3 Å². The third-order valence-electron chi connectivity index (χ3n) is 6.71. The number of Topliss-reactive ketones (excluding diaryl/α,β-unsaturated/α-hetero) is 1. The predicted molar refractivity (Wildman–Crippen MR) is 153 cm³/mol. The Bertz CT molecular complexity index is 1620. The van der Waals surface area contributed by atoms with Crippen LogP contribution in [0.25, 0.3) is 0 Å². The summed E-state index contributed by atoms with van der Waals surface area (Å²) in [6.45, 7) is 7.20. The van der Waals surface area contributed by atoms with Gasteiger partial charge < -0.3 is 5.11 Å². The first kappa shape index (κ1) is 30.2. The minimum absolute atomic E-state index is 0.0262. The van der Waals surface area contributed by atoms with Crippen molar-refractivity contribution in [2.45, 2.75) is 64.8 Å². The van der Waals surface area contributed by atoms with Crippen LogP contribution in [0.2, 0.25) is 0 Å². The number of sulfonamides is 1. The summed E-state index contributed by atoms with van der Waals surface area (Å²) in [4.78, 5) is 24.7. The molecule has 0 spiro atoms. The maximum Gasteiger partial charge on any atom is 0.281 e. The number of hydrogen-bond donors (Lipinski definition) is 2. The number of benzene rings is 2. The quantitative estimate of drug-likeness (QED) is 0.193. The average Bonchev–Trinajstić information content (AvgIpc) is 2.93. The SMILES string of the molecule is CCCCC(CC)Cn1c(O)c(C#N)c(C)c(N=Nc2ccccc2S(=O)(=O)Nc2ccc(C(C)=O)cc2)c1=O. The number of nitriles is 1. The Hall–Kier alpha value is -4.30. The molecule has 0 aliphatic carbocycles. The van der Waals surface area contributed by atoms with Gasteiger partial charge in [-0.2, -0.15) is 5.26 Å². The Morgan fingerprint density at radius 1 is 1.12 bits per heavy atom. The molecule has 1 unspecified atom stereocenters. The lowest BCUT2D eigenvalue weighted by molar-refractivity contribution is 0.101. The minimum atomic E-state index is -4.12. The van der Waals surface area contributed by atoms with Crippen LogP contribution in [0.1, 0.15) is 67.9 Å². The predicted octanol–water partition coefficient (Wildman–Crippen LogP) is 6.37. The number of carbonyl (C=O) groups excluding carboxylic acids is 1. The third-order valence-corrected chi connectivity index (χ3v) is 8.14. The van der Waals surface area contributed by atoms with Crippen LogP contribution in [0.4, 0.5) is 17.1 Å². The number of pyridine rings is 1. The van der Waals surface area contributed by atoms with E-state index in [0.29, 0.717) is 5.56 Å². The lowest BCUT2D eigenvalue weighted by atomic mass is 9.99. The van der Waals surface area contributed by atoms with E-state index in [0.717, 1.165) is 30.3 Å². The fraction of sp³-hybridized carbons (Fsp3) is 0.345. The van der Waals surface area contributed by atoms with Gasteiger partial charge >= 0.3 is 0 Å². The van der Waals surface area contributed by atoms with Crippen LogP contribution in [0, 0.1) is 24.2 Å². The van der Waals surface area contributed by atoms with Gasteiger partial charge in [-0.1, -0.05) is 45.2 Å². The van der Waals surface area contributed by atoms with E-state index in [9.17, 15) is 28.4 Å². The van der Waals surface area contributed by atoms with E-state index in [4.69, 9.17) is 0 Å². The molecule has 0 amide bonds. The zero-order valence-corrected chi connectivity index (χ0v) is 23.8. The number of anilines is 1. The number of nitrogens with zero attached hydrogens (tertiary/aromatic N) is 4. The Balaban J connectivity index is 2.02. The van der Waals surface area contributed by atoms with Crippen molar-refractivity contribution in [3.05, 3.63) is 75.6 Å². The second-order valence-electron chi connectivity index (χ2n) is 9.52. The van der Waals surface area contributed by atoms with Gasteiger partial charge in [0.05, 0.1) is 0 Å².